The van der Waals surface area contributed by atoms with Gasteiger partial charge in [-0.3, -0.25) is 0 Å². The van der Waals surface area contributed by atoms with Crippen LogP contribution in [0.15, 0.2) is 24.4 Å². The van der Waals surface area contributed by atoms with Gasteiger partial charge in [-0.05, 0) is 35.6 Å². The Morgan fingerprint density at radius 2 is 2.07 bits per heavy atom. The summed E-state index contributed by atoms with van der Waals surface area (Å²) in [7, 11) is 0. The van der Waals surface area contributed by atoms with Crippen molar-refractivity contribution < 1.29 is 0 Å². The van der Waals surface area contributed by atoms with Gasteiger partial charge in [0, 0.05) is 5.39 Å². The Labute approximate surface area is 90.3 Å². The minimum absolute atomic E-state index is 0.562. The molecule has 0 radical (unpaired) electrons. The van der Waals surface area contributed by atoms with Gasteiger partial charge in [0.1, 0.15) is 0 Å². The largest absolute Gasteiger partial charge is 0.158 e. The Balaban J connectivity index is 2.67. The van der Waals surface area contributed by atoms with E-state index in [2.05, 4.69) is 49.2 Å². The normalized spacial score (nSPS) is 11.2. The molecule has 0 amide bonds. The van der Waals surface area contributed by atoms with E-state index in [9.17, 15) is 0 Å². The Morgan fingerprint density at radius 3 is 2.73 bits per heavy atom. The lowest BCUT2D eigenvalue weighted by atomic mass is 9.99. The third-order valence-corrected chi connectivity index (χ3v) is 2.79. The number of aryl methyl sites for hydroxylation is 1. The van der Waals surface area contributed by atoms with Gasteiger partial charge in [-0.15, -0.1) is 0 Å². The maximum Gasteiger partial charge on any atom is 0.0932 e. The second-order valence-corrected chi connectivity index (χ2v) is 4.15. The first-order chi connectivity index (χ1) is 7.22. The first-order valence-corrected chi connectivity index (χ1v) is 5.46. The molecule has 0 aliphatic rings. The van der Waals surface area contributed by atoms with Crippen LogP contribution in [0, 0.1) is 0 Å². The SMILES string of the molecule is CCc1cnnc2ccc(C(C)C)cc12. The van der Waals surface area contributed by atoms with E-state index in [1.807, 2.05) is 6.20 Å². The molecule has 15 heavy (non-hydrogen) atoms. The van der Waals surface area contributed by atoms with E-state index in [4.69, 9.17) is 0 Å². The molecular weight excluding hydrogens is 184 g/mol. The summed E-state index contributed by atoms with van der Waals surface area (Å²) in [6.45, 7) is 6.57. The van der Waals surface area contributed by atoms with Gasteiger partial charge in [-0.2, -0.15) is 10.2 Å². The summed E-state index contributed by atoms with van der Waals surface area (Å²) in [5, 5.41) is 9.40. The number of aromatic nitrogens is 2. The van der Waals surface area contributed by atoms with Gasteiger partial charge in [-0.25, -0.2) is 0 Å². The van der Waals surface area contributed by atoms with E-state index in [0.717, 1.165) is 11.9 Å². The molecule has 78 valence electrons. The minimum atomic E-state index is 0.562. The zero-order valence-electron chi connectivity index (χ0n) is 9.49. The average molecular weight is 200 g/mol. The fourth-order valence-electron chi connectivity index (χ4n) is 1.77. The Kier molecular flexibility index (Phi) is 2.67. The molecule has 0 unspecified atom stereocenters. The van der Waals surface area contributed by atoms with Crippen LogP contribution in [0.2, 0.25) is 0 Å². The van der Waals surface area contributed by atoms with E-state index in [1.54, 1.807) is 0 Å². The zero-order valence-corrected chi connectivity index (χ0v) is 9.49. The van der Waals surface area contributed by atoms with Gasteiger partial charge in [0.05, 0.1) is 11.7 Å². The smallest absolute Gasteiger partial charge is 0.0932 e. The molecule has 0 aliphatic heterocycles. The van der Waals surface area contributed by atoms with E-state index >= 15 is 0 Å². The molecule has 0 atom stereocenters. The predicted octanol–water partition coefficient (Wildman–Crippen LogP) is 3.32. The van der Waals surface area contributed by atoms with Crippen LogP contribution in [-0.2, 0) is 6.42 Å². The zero-order chi connectivity index (χ0) is 10.8. The van der Waals surface area contributed by atoms with Crippen molar-refractivity contribution in [1.29, 1.82) is 0 Å². The van der Waals surface area contributed by atoms with Gasteiger partial charge in [-0.1, -0.05) is 26.8 Å². The molecule has 1 aromatic carbocycles. The maximum atomic E-state index is 4.14. The lowest BCUT2D eigenvalue weighted by molar-refractivity contribution is 0.867. The molecule has 0 aliphatic carbocycles. The molecule has 0 bridgehead atoms. The summed E-state index contributed by atoms with van der Waals surface area (Å²) in [6, 6.07) is 6.45. The Hall–Kier alpha value is -1.44. The van der Waals surface area contributed by atoms with Gasteiger partial charge in [0.15, 0.2) is 0 Å². The first-order valence-electron chi connectivity index (χ1n) is 5.46. The van der Waals surface area contributed by atoms with Crippen molar-refractivity contribution in [3.8, 4) is 0 Å². The number of nitrogens with zero attached hydrogens (tertiary/aromatic N) is 2. The Bertz CT molecular complexity index is 475. The van der Waals surface area contributed by atoms with Crippen LogP contribution in [0.4, 0.5) is 0 Å². The molecule has 0 saturated carbocycles. The van der Waals surface area contributed by atoms with Crippen molar-refractivity contribution in [2.75, 3.05) is 0 Å². The monoisotopic (exact) mass is 200 g/mol. The number of hydrogen-bond donors (Lipinski definition) is 0. The van der Waals surface area contributed by atoms with Crippen LogP contribution in [-0.4, -0.2) is 10.2 Å². The van der Waals surface area contributed by atoms with Crippen molar-refractivity contribution in [2.45, 2.75) is 33.1 Å². The van der Waals surface area contributed by atoms with Gasteiger partial charge in [0.2, 0.25) is 0 Å². The van der Waals surface area contributed by atoms with Crippen LogP contribution in [0.25, 0.3) is 10.9 Å². The average Bonchev–Trinajstić information content (AvgIpc) is 2.27. The van der Waals surface area contributed by atoms with Gasteiger partial charge in [0.25, 0.3) is 0 Å². The third kappa shape index (κ3) is 1.84. The predicted molar refractivity (Wildman–Crippen MR) is 63.0 cm³/mol. The third-order valence-electron chi connectivity index (χ3n) is 2.79. The topological polar surface area (TPSA) is 25.8 Å². The molecule has 0 saturated heterocycles. The van der Waals surface area contributed by atoms with Gasteiger partial charge < -0.3 is 0 Å². The van der Waals surface area contributed by atoms with Crippen LogP contribution >= 0.6 is 0 Å². The van der Waals surface area contributed by atoms with Crippen molar-refractivity contribution >= 4 is 10.9 Å². The van der Waals surface area contributed by atoms with E-state index < -0.39 is 0 Å². The second kappa shape index (κ2) is 3.97. The summed E-state index contributed by atoms with van der Waals surface area (Å²) in [5.41, 5.74) is 3.64. The highest BCUT2D eigenvalue weighted by Crippen LogP contribution is 2.22. The van der Waals surface area contributed by atoms with Crippen LogP contribution in [0.1, 0.15) is 37.8 Å². The van der Waals surface area contributed by atoms with Crippen molar-refractivity contribution in [3.63, 3.8) is 0 Å². The molecule has 2 rings (SSSR count). The maximum absolute atomic E-state index is 4.14. The van der Waals surface area contributed by atoms with Crippen molar-refractivity contribution in [2.24, 2.45) is 0 Å². The standard InChI is InChI=1S/C13H16N2/c1-4-10-8-14-15-13-6-5-11(9(2)3)7-12(10)13/h5-9H,4H2,1-3H3. The quantitative estimate of drug-likeness (QED) is 0.743. The number of rotatable bonds is 2. The fraction of sp³-hybridized carbons (Fsp3) is 0.385. The fourth-order valence-corrected chi connectivity index (χ4v) is 1.77. The summed E-state index contributed by atoms with van der Waals surface area (Å²) >= 11 is 0. The number of hydrogen-bond acceptors (Lipinski definition) is 2. The highest BCUT2D eigenvalue weighted by atomic mass is 15.1. The highest BCUT2D eigenvalue weighted by Gasteiger charge is 2.04. The molecule has 2 heteroatoms. The lowest BCUT2D eigenvalue weighted by Gasteiger charge is -2.08. The number of benzene rings is 1. The van der Waals surface area contributed by atoms with E-state index in [1.165, 1.54) is 16.5 Å². The first kappa shape index (κ1) is 10.1. The summed E-state index contributed by atoms with van der Waals surface area (Å²) < 4.78 is 0. The van der Waals surface area contributed by atoms with E-state index in [-0.39, 0.29) is 0 Å². The van der Waals surface area contributed by atoms with Crippen LogP contribution < -0.4 is 0 Å². The second-order valence-electron chi connectivity index (χ2n) is 4.15. The molecule has 0 N–H and O–H groups in total. The highest BCUT2D eigenvalue weighted by molar-refractivity contribution is 5.82. The molecule has 0 spiro atoms. The van der Waals surface area contributed by atoms with Crippen molar-refractivity contribution in [1.82, 2.24) is 10.2 Å². The van der Waals surface area contributed by atoms with Crippen molar-refractivity contribution in [3.05, 3.63) is 35.5 Å². The molecule has 0 fully saturated rings. The number of fused-ring (bicyclic) bond motifs is 1. The lowest BCUT2D eigenvalue weighted by Crippen LogP contribution is -1.93. The molecule has 1 heterocycles. The summed E-state index contributed by atoms with van der Waals surface area (Å²) in [5.74, 6) is 0.562. The van der Waals surface area contributed by atoms with Crippen LogP contribution in [0.3, 0.4) is 0 Å². The van der Waals surface area contributed by atoms with Crippen LogP contribution in [0.5, 0.6) is 0 Å². The molecule has 2 aromatic rings. The molecule has 1 aromatic heterocycles. The van der Waals surface area contributed by atoms with Gasteiger partial charge >= 0.3 is 0 Å². The van der Waals surface area contributed by atoms with E-state index in [0.29, 0.717) is 5.92 Å². The molecular formula is C13H16N2. The summed E-state index contributed by atoms with van der Waals surface area (Å²) in [4.78, 5) is 0. The Morgan fingerprint density at radius 1 is 1.27 bits per heavy atom. The summed E-state index contributed by atoms with van der Waals surface area (Å²) in [6.07, 6.45) is 2.88. The minimum Gasteiger partial charge on any atom is -0.158 e. The molecule has 2 nitrogen and oxygen atoms in total.